The summed E-state index contributed by atoms with van der Waals surface area (Å²) in [7, 11) is 0. The van der Waals surface area contributed by atoms with Crippen LogP contribution in [0.4, 0.5) is 0 Å². The normalized spacial score (nSPS) is 16.9. The fourth-order valence-corrected chi connectivity index (χ4v) is 4.26. The van der Waals surface area contributed by atoms with Crippen molar-refractivity contribution >= 4 is 29.6 Å². The third-order valence-electron chi connectivity index (χ3n) is 6.32. The quantitative estimate of drug-likeness (QED) is 0.174. The highest BCUT2D eigenvalue weighted by Gasteiger charge is 2.32. The molecule has 0 aromatic heterocycles. The van der Waals surface area contributed by atoms with Crippen LogP contribution in [-0.4, -0.2) is 70.5 Å². The molecule has 208 valence electrons. The number of nitrogens with one attached hydrogen (secondary N) is 4. The van der Waals surface area contributed by atoms with Gasteiger partial charge < -0.3 is 37.2 Å². The number of phenols is 1. The molecule has 2 aromatic rings. The van der Waals surface area contributed by atoms with Gasteiger partial charge in [0.15, 0.2) is 0 Å². The van der Waals surface area contributed by atoms with E-state index >= 15 is 0 Å². The predicted molar refractivity (Wildman–Crippen MR) is 140 cm³/mol. The van der Waals surface area contributed by atoms with Crippen molar-refractivity contribution in [2.24, 2.45) is 5.73 Å². The summed E-state index contributed by atoms with van der Waals surface area (Å²) >= 11 is 0. The van der Waals surface area contributed by atoms with Gasteiger partial charge >= 0.3 is 5.97 Å². The van der Waals surface area contributed by atoms with E-state index in [1.165, 1.54) is 12.1 Å². The highest BCUT2D eigenvalue weighted by Crippen LogP contribution is 2.13. The zero-order valence-corrected chi connectivity index (χ0v) is 21.3. The number of carbonyl (C=O) groups excluding carboxylic acids is 4. The molecule has 12 heteroatoms. The number of carboxylic acids is 1. The topological polar surface area (TPSA) is 200 Å². The number of aromatic hydroxyl groups is 1. The van der Waals surface area contributed by atoms with Crippen molar-refractivity contribution in [1.82, 2.24) is 21.3 Å². The third kappa shape index (κ3) is 9.11. The van der Waals surface area contributed by atoms with Crippen LogP contribution in [0.2, 0.25) is 0 Å². The molecule has 1 saturated heterocycles. The summed E-state index contributed by atoms with van der Waals surface area (Å²) < 4.78 is 0. The third-order valence-corrected chi connectivity index (χ3v) is 6.32. The summed E-state index contributed by atoms with van der Waals surface area (Å²) in [5.74, 6) is -4.16. The molecule has 0 saturated carbocycles. The molecule has 0 spiro atoms. The van der Waals surface area contributed by atoms with E-state index in [1.807, 2.05) is 0 Å². The Balaban J connectivity index is 1.79. The van der Waals surface area contributed by atoms with Crippen LogP contribution in [0.25, 0.3) is 0 Å². The summed E-state index contributed by atoms with van der Waals surface area (Å²) in [6.07, 6.45) is 0.811. The van der Waals surface area contributed by atoms with Crippen LogP contribution in [0.15, 0.2) is 54.6 Å². The van der Waals surface area contributed by atoms with Crippen molar-refractivity contribution < 1.29 is 34.2 Å². The van der Waals surface area contributed by atoms with Gasteiger partial charge in [-0.3, -0.25) is 19.2 Å². The largest absolute Gasteiger partial charge is 0.508 e. The van der Waals surface area contributed by atoms with Gasteiger partial charge in [-0.2, -0.15) is 0 Å². The highest BCUT2D eigenvalue weighted by molar-refractivity contribution is 5.96. The van der Waals surface area contributed by atoms with Crippen molar-refractivity contribution in [2.45, 2.75) is 56.3 Å². The fraction of sp³-hybridized carbons (Fsp3) is 0.370. The van der Waals surface area contributed by atoms with E-state index in [0.717, 1.165) is 6.42 Å². The van der Waals surface area contributed by atoms with Crippen LogP contribution in [0.1, 0.15) is 30.4 Å². The zero-order chi connectivity index (χ0) is 28.4. The molecule has 3 rings (SSSR count). The van der Waals surface area contributed by atoms with Gasteiger partial charge in [0.25, 0.3) is 0 Å². The molecule has 39 heavy (non-hydrogen) atoms. The Hall–Kier alpha value is -4.45. The first-order chi connectivity index (χ1) is 18.6. The van der Waals surface area contributed by atoms with E-state index in [4.69, 9.17) is 5.73 Å². The lowest BCUT2D eigenvalue weighted by Crippen LogP contribution is -2.58. The SMILES string of the molecule is NC(=O)CC(NC(=O)C1CCCN1)C(=O)NC(Cc1ccc(O)cc1)C(=O)NC(Cc1ccccc1)C(=O)O. The van der Waals surface area contributed by atoms with Gasteiger partial charge in [-0.1, -0.05) is 42.5 Å². The molecular formula is C27H33N5O7. The Morgan fingerprint density at radius 2 is 1.44 bits per heavy atom. The summed E-state index contributed by atoms with van der Waals surface area (Å²) in [6, 6.07) is 10.3. The molecule has 0 radical (unpaired) electrons. The van der Waals surface area contributed by atoms with Gasteiger partial charge in [-0.25, -0.2) is 4.79 Å². The van der Waals surface area contributed by atoms with Crippen molar-refractivity contribution in [1.29, 1.82) is 0 Å². The lowest BCUT2D eigenvalue weighted by atomic mass is 10.0. The predicted octanol–water partition coefficient (Wildman–Crippen LogP) is -0.656. The van der Waals surface area contributed by atoms with Crippen LogP contribution in [-0.2, 0) is 36.8 Å². The van der Waals surface area contributed by atoms with Gasteiger partial charge in [-0.05, 0) is 42.6 Å². The lowest BCUT2D eigenvalue weighted by Gasteiger charge is -2.25. The minimum absolute atomic E-state index is 0.00217. The second-order valence-electron chi connectivity index (χ2n) is 9.40. The smallest absolute Gasteiger partial charge is 0.326 e. The molecule has 8 N–H and O–H groups in total. The first-order valence-electron chi connectivity index (χ1n) is 12.6. The maximum atomic E-state index is 13.3. The second-order valence-corrected chi connectivity index (χ2v) is 9.40. The molecule has 0 aliphatic carbocycles. The number of nitrogens with two attached hydrogens (primary N) is 1. The number of amides is 4. The van der Waals surface area contributed by atoms with Crippen LogP contribution in [0.3, 0.4) is 0 Å². The summed E-state index contributed by atoms with van der Waals surface area (Å²) in [5.41, 5.74) is 6.56. The molecule has 4 amide bonds. The Bertz CT molecular complexity index is 1170. The number of primary amides is 1. The van der Waals surface area contributed by atoms with Crippen LogP contribution >= 0.6 is 0 Å². The number of carbonyl (C=O) groups is 5. The van der Waals surface area contributed by atoms with Crippen LogP contribution in [0.5, 0.6) is 5.75 Å². The number of rotatable bonds is 13. The van der Waals surface area contributed by atoms with Gasteiger partial charge in [0.2, 0.25) is 23.6 Å². The molecular weight excluding hydrogens is 506 g/mol. The first-order valence-corrected chi connectivity index (χ1v) is 12.6. The van der Waals surface area contributed by atoms with E-state index in [-0.39, 0.29) is 18.6 Å². The molecule has 4 atom stereocenters. The van der Waals surface area contributed by atoms with Crippen molar-refractivity contribution in [3.05, 3.63) is 65.7 Å². The van der Waals surface area contributed by atoms with E-state index in [1.54, 1.807) is 42.5 Å². The summed E-state index contributed by atoms with van der Waals surface area (Å²) in [4.78, 5) is 62.7. The molecule has 1 fully saturated rings. The number of hydrogen-bond donors (Lipinski definition) is 7. The van der Waals surface area contributed by atoms with Gasteiger partial charge in [0.1, 0.15) is 23.9 Å². The van der Waals surface area contributed by atoms with E-state index in [9.17, 15) is 34.2 Å². The average molecular weight is 540 g/mol. The van der Waals surface area contributed by atoms with Crippen molar-refractivity contribution in [3.8, 4) is 5.75 Å². The number of benzene rings is 2. The molecule has 12 nitrogen and oxygen atoms in total. The van der Waals surface area contributed by atoms with Gasteiger partial charge in [-0.15, -0.1) is 0 Å². The van der Waals surface area contributed by atoms with Crippen molar-refractivity contribution in [2.75, 3.05) is 6.54 Å². The minimum Gasteiger partial charge on any atom is -0.508 e. The molecule has 1 aliphatic heterocycles. The number of phenolic OH excluding ortho intramolecular Hbond substituents is 1. The molecule has 0 bridgehead atoms. The molecule has 1 aliphatic rings. The van der Waals surface area contributed by atoms with Gasteiger partial charge in [0, 0.05) is 12.8 Å². The standard InChI is InChI=1S/C27H33N5O7/c28-23(34)15-21(31-24(35)19-7-4-12-29-19)26(37)30-20(13-17-8-10-18(33)11-9-17)25(36)32-22(27(38)39)14-16-5-2-1-3-6-16/h1-3,5-6,8-11,19-22,29,33H,4,7,12-15H2,(H2,28,34)(H,30,37)(H,31,35)(H,32,36)(H,38,39). The monoisotopic (exact) mass is 539 g/mol. The molecule has 1 heterocycles. The van der Waals surface area contributed by atoms with E-state index in [2.05, 4.69) is 21.3 Å². The van der Waals surface area contributed by atoms with Crippen molar-refractivity contribution in [3.63, 3.8) is 0 Å². The first kappa shape index (κ1) is 29.1. The maximum Gasteiger partial charge on any atom is 0.326 e. The highest BCUT2D eigenvalue weighted by atomic mass is 16.4. The van der Waals surface area contributed by atoms with E-state index < -0.39 is 60.2 Å². The Morgan fingerprint density at radius 3 is 2.03 bits per heavy atom. The fourth-order valence-electron chi connectivity index (χ4n) is 4.26. The van der Waals surface area contributed by atoms with Crippen LogP contribution in [0, 0.1) is 0 Å². The van der Waals surface area contributed by atoms with Gasteiger partial charge in [0.05, 0.1) is 12.5 Å². The Labute approximate surface area is 225 Å². The Kier molecular flexibility index (Phi) is 10.4. The molecule has 4 unspecified atom stereocenters. The second kappa shape index (κ2) is 13.9. The Morgan fingerprint density at radius 1 is 0.846 bits per heavy atom. The zero-order valence-electron chi connectivity index (χ0n) is 21.3. The summed E-state index contributed by atoms with van der Waals surface area (Å²) in [5, 5.41) is 29.9. The summed E-state index contributed by atoms with van der Waals surface area (Å²) in [6.45, 7) is 0.646. The number of hydrogen-bond acceptors (Lipinski definition) is 7. The maximum absolute atomic E-state index is 13.3. The number of carboxylic acid groups (broad SMARTS) is 1. The lowest BCUT2D eigenvalue weighted by molar-refractivity contribution is -0.142. The van der Waals surface area contributed by atoms with Crippen LogP contribution < -0.4 is 27.0 Å². The average Bonchev–Trinajstić information content (AvgIpc) is 3.44. The molecule has 2 aromatic carbocycles. The minimum atomic E-state index is -1.34. The number of aliphatic carboxylic acids is 1. The van der Waals surface area contributed by atoms with E-state index in [0.29, 0.717) is 24.1 Å².